The lowest BCUT2D eigenvalue weighted by Gasteiger charge is -2.26. The largest absolute Gasteiger partial charge is 0.381 e. The van der Waals surface area contributed by atoms with Gasteiger partial charge in [0.25, 0.3) is 17.4 Å². The van der Waals surface area contributed by atoms with Crippen LogP contribution in [0.25, 0.3) is 11.0 Å². The van der Waals surface area contributed by atoms with Gasteiger partial charge in [0.05, 0.1) is 29.4 Å². The van der Waals surface area contributed by atoms with E-state index in [-0.39, 0.29) is 25.6 Å². The molecule has 2 amide bonds. The molecule has 1 saturated heterocycles. The molecule has 1 fully saturated rings. The van der Waals surface area contributed by atoms with Crippen molar-refractivity contribution in [2.75, 3.05) is 18.5 Å². The van der Waals surface area contributed by atoms with Gasteiger partial charge in [0.2, 0.25) is 0 Å². The van der Waals surface area contributed by atoms with Crippen molar-refractivity contribution < 1.29 is 19.2 Å². The molecule has 0 bridgehead atoms. The van der Waals surface area contributed by atoms with Crippen LogP contribution in [0.2, 0.25) is 0 Å². The second kappa shape index (κ2) is 12.5. The van der Waals surface area contributed by atoms with Gasteiger partial charge in [-0.15, -0.1) is 0 Å². The van der Waals surface area contributed by atoms with Crippen molar-refractivity contribution in [1.82, 2.24) is 35.4 Å². The number of rotatable bonds is 10. The van der Waals surface area contributed by atoms with Gasteiger partial charge in [0.1, 0.15) is 0 Å². The van der Waals surface area contributed by atoms with E-state index >= 15 is 0 Å². The third-order valence-corrected chi connectivity index (χ3v) is 7.71. The second-order valence-electron chi connectivity index (χ2n) is 10.5. The van der Waals surface area contributed by atoms with Crippen LogP contribution in [0.15, 0.2) is 66.6 Å². The molecule has 2 aliphatic rings. The second-order valence-corrected chi connectivity index (χ2v) is 10.5. The molecule has 0 spiro atoms. The van der Waals surface area contributed by atoms with Crippen LogP contribution >= 0.6 is 0 Å². The van der Waals surface area contributed by atoms with Gasteiger partial charge < -0.3 is 25.5 Å². The van der Waals surface area contributed by atoms with E-state index in [9.17, 15) is 9.59 Å². The van der Waals surface area contributed by atoms with Crippen LogP contribution in [-0.4, -0.2) is 67.1 Å². The Bertz CT molecular complexity index is 1560. The predicted molar refractivity (Wildman–Crippen MR) is 158 cm³/mol. The first-order valence-corrected chi connectivity index (χ1v) is 14.4. The van der Waals surface area contributed by atoms with Crippen LogP contribution in [0.5, 0.6) is 0 Å². The zero-order valence-corrected chi connectivity index (χ0v) is 23.8. The van der Waals surface area contributed by atoms with Gasteiger partial charge in [0.15, 0.2) is 5.65 Å². The summed E-state index contributed by atoms with van der Waals surface area (Å²) in [6.07, 6.45) is 11.6. The Morgan fingerprint density at radius 1 is 0.953 bits per heavy atom. The van der Waals surface area contributed by atoms with Crippen LogP contribution in [0.1, 0.15) is 42.9 Å². The average molecular weight is 584 g/mol. The number of ether oxygens (including phenoxy) is 1. The summed E-state index contributed by atoms with van der Waals surface area (Å²) in [5.41, 5.74) is 2.36. The van der Waals surface area contributed by atoms with E-state index in [0.717, 1.165) is 40.7 Å². The van der Waals surface area contributed by atoms with Gasteiger partial charge in [-0.05, 0) is 55.2 Å². The highest BCUT2D eigenvalue weighted by atomic mass is 16.7. The maximum absolute atomic E-state index is 13.8. The fourth-order valence-electron chi connectivity index (χ4n) is 5.25. The first kappa shape index (κ1) is 28.2. The quantitative estimate of drug-likeness (QED) is 0.238. The molecule has 0 saturated carbocycles. The topological polar surface area (TPSA) is 158 Å². The van der Waals surface area contributed by atoms with Crippen LogP contribution in [0.3, 0.4) is 0 Å². The number of aryl methyl sites for hydroxylation is 1. The molecule has 4 aromatic heterocycles. The highest BCUT2D eigenvalue weighted by Crippen LogP contribution is 2.34. The number of carbonyl (C=O) groups excluding carboxylic acids is 2. The molecule has 3 N–H and O–H groups in total. The highest BCUT2D eigenvalue weighted by molar-refractivity contribution is 6.18. The lowest BCUT2D eigenvalue weighted by molar-refractivity contribution is -0.158. The third-order valence-electron chi connectivity index (χ3n) is 7.71. The van der Waals surface area contributed by atoms with E-state index in [1.54, 1.807) is 61.4 Å². The lowest BCUT2D eigenvalue weighted by atomic mass is 9.91. The Hall–Kier alpha value is -4.91. The molecule has 6 rings (SSSR count). The fraction of sp³-hybridized carbons (Fsp3) is 0.367. The minimum atomic E-state index is -1.92. The summed E-state index contributed by atoms with van der Waals surface area (Å²) in [7, 11) is 0. The van der Waals surface area contributed by atoms with E-state index in [1.165, 1.54) is 0 Å². The molecule has 0 radical (unpaired) electrons. The molecule has 0 unspecified atom stereocenters. The minimum Gasteiger partial charge on any atom is -0.381 e. The van der Waals surface area contributed by atoms with E-state index in [1.807, 2.05) is 11.6 Å². The molecule has 4 aromatic rings. The monoisotopic (exact) mass is 583 g/mol. The number of hydrogen-bond acceptors (Lipinski definition) is 10. The fourth-order valence-corrected chi connectivity index (χ4v) is 5.25. The number of aromatic nitrogens is 5. The van der Waals surface area contributed by atoms with Crippen molar-refractivity contribution in [2.24, 2.45) is 5.16 Å². The van der Waals surface area contributed by atoms with Crippen molar-refractivity contribution in [3.63, 3.8) is 0 Å². The first-order valence-electron chi connectivity index (χ1n) is 14.4. The Morgan fingerprint density at radius 3 is 2.19 bits per heavy atom. The highest BCUT2D eigenvalue weighted by Gasteiger charge is 2.54. The molecule has 222 valence electrons. The summed E-state index contributed by atoms with van der Waals surface area (Å²) in [4.78, 5) is 46.1. The van der Waals surface area contributed by atoms with Crippen LogP contribution in [-0.2, 0) is 38.8 Å². The van der Waals surface area contributed by atoms with Gasteiger partial charge in [-0.1, -0.05) is 5.16 Å². The van der Waals surface area contributed by atoms with Crippen molar-refractivity contribution >= 4 is 34.2 Å². The molecule has 0 atom stereocenters. The number of oxime groups is 1. The summed E-state index contributed by atoms with van der Waals surface area (Å²) in [6, 6.07) is 7.33. The SMILES string of the molecule is CCn1ncc2c(NC3CCOCC3)c(C3=NOC(C(=O)NCc4ccncc4)(C(=O)NCc4ccncc4)C3)cnc21. The summed E-state index contributed by atoms with van der Waals surface area (Å²) in [5.74, 6) is -1.19. The van der Waals surface area contributed by atoms with Crippen LogP contribution < -0.4 is 16.0 Å². The number of nitrogens with one attached hydrogen (secondary N) is 3. The van der Waals surface area contributed by atoms with E-state index in [0.29, 0.717) is 31.0 Å². The first-order chi connectivity index (χ1) is 21.1. The summed E-state index contributed by atoms with van der Waals surface area (Å²) < 4.78 is 7.38. The number of pyridine rings is 3. The molecule has 43 heavy (non-hydrogen) atoms. The smallest absolute Gasteiger partial charge is 0.297 e. The molecule has 0 aliphatic carbocycles. The Morgan fingerprint density at radius 2 is 1.58 bits per heavy atom. The molecular weight excluding hydrogens is 550 g/mol. The number of nitrogens with zero attached hydrogens (tertiary/aromatic N) is 6. The predicted octanol–water partition coefficient (Wildman–Crippen LogP) is 2.33. The molecule has 0 aromatic carbocycles. The van der Waals surface area contributed by atoms with E-state index < -0.39 is 17.4 Å². The Balaban J connectivity index is 1.31. The Labute approximate surface area is 248 Å². The third kappa shape index (κ3) is 5.89. The van der Waals surface area contributed by atoms with Crippen LogP contribution in [0, 0.1) is 0 Å². The average Bonchev–Trinajstić information content (AvgIpc) is 3.70. The number of hydrogen-bond donors (Lipinski definition) is 3. The van der Waals surface area contributed by atoms with Gasteiger partial charge in [-0.3, -0.25) is 19.6 Å². The summed E-state index contributed by atoms with van der Waals surface area (Å²) in [6.45, 7) is 4.39. The molecule has 13 nitrogen and oxygen atoms in total. The number of fused-ring (bicyclic) bond motifs is 1. The zero-order chi connectivity index (χ0) is 29.6. The number of anilines is 1. The maximum atomic E-state index is 13.8. The lowest BCUT2D eigenvalue weighted by Crippen LogP contribution is -2.57. The maximum Gasteiger partial charge on any atom is 0.297 e. The van der Waals surface area contributed by atoms with Crippen molar-refractivity contribution in [2.45, 2.75) is 57.5 Å². The molecule has 2 aliphatic heterocycles. The normalized spacial score (nSPS) is 16.3. The van der Waals surface area contributed by atoms with Gasteiger partial charge in [0, 0.05) is 75.4 Å². The molecule has 6 heterocycles. The standard InChI is InChI=1S/C30H33N9O4/c1-2-39-27-24(19-36-39)26(37-22-7-13-42-14-8-22)23(18-33-27)25-15-30(43-38-25,28(40)34-16-20-3-9-31-10-4-20)29(41)35-17-21-5-11-32-12-6-21/h3-6,9-12,18-19,22H,2,7-8,13-17H2,1H3,(H,33,37)(H,34,40)(H,35,41). The van der Waals surface area contributed by atoms with Gasteiger partial charge in [-0.25, -0.2) is 9.67 Å². The zero-order valence-electron chi connectivity index (χ0n) is 23.8. The molecular formula is C30H33N9O4. The van der Waals surface area contributed by atoms with Crippen molar-refractivity contribution in [3.05, 3.63) is 78.1 Å². The summed E-state index contributed by atoms with van der Waals surface area (Å²) >= 11 is 0. The van der Waals surface area contributed by atoms with Crippen molar-refractivity contribution in [1.29, 1.82) is 0 Å². The van der Waals surface area contributed by atoms with Gasteiger partial charge in [-0.2, -0.15) is 5.10 Å². The van der Waals surface area contributed by atoms with E-state index in [2.05, 4.69) is 41.2 Å². The Kier molecular flexibility index (Phi) is 8.22. The minimum absolute atomic E-state index is 0.0884. The van der Waals surface area contributed by atoms with Crippen molar-refractivity contribution in [3.8, 4) is 0 Å². The van der Waals surface area contributed by atoms with Crippen LogP contribution in [0.4, 0.5) is 5.69 Å². The summed E-state index contributed by atoms with van der Waals surface area (Å²) in [5, 5.41) is 19.1. The van der Waals surface area contributed by atoms with Gasteiger partial charge >= 0.3 is 0 Å². The molecule has 13 heteroatoms. The number of amides is 2. The van der Waals surface area contributed by atoms with E-state index in [4.69, 9.17) is 9.57 Å². The number of carbonyl (C=O) groups is 2.